The van der Waals surface area contributed by atoms with Gasteiger partial charge in [-0.2, -0.15) is 0 Å². The van der Waals surface area contributed by atoms with Crippen molar-refractivity contribution in [3.05, 3.63) is 47.6 Å². The van der Waals surface area contributed by atoms with Gasteiger partial charge in [0.05, 0.1) is 0 Å². The predicted molar refractivity (Wildman–Crippen MR) is 52.8 cm³/mol. The van der Waals surface area contributed by atoms with Gasteiger partial charge in [-0.15, -0.1) is 0 Å². The smallest absolute Gasteiger partial charge is 0.0237 e. The molecule has 2 aliphatic carbocycles. The molecule has 0 radical (unpaired) electrons. The molecule has 2 rings (SSSR count). The number of hydrogen-bond acceptors (Lipinski definition) is 0. The first-order chi connectivity index (χ1) is 5.63. The van der Waals surface area contributed by atoms with Gasteiger partial charge < -0.3 is 0 Å². The first-order valence-electron chi connectivity index (χ1n) is 4.36. The highest BCUT2D eigenvalue weighted by Gasteiger charge is 2.38. The Balaban J connectivity index is 2.57. The Bertz CT molecular complexity index is 296. The molecule has 2 bridgehead atoms. The van der Waals surface area contributed by atoms with Gasteiger partial charge >= 0.3 is 0 Å². The summed E-state index contributed by atoms with van der Waals surface area (Å²) < 4.78 is 0. The van der Waals surface area contributed by atoms with Gasteiger partial charge in [0.25, 0.3) is 0 Å². The quantitative estimate of drug-likeness (QED) is 0.475. The Morgan fingerprint density at radius 2 is 1.50 bits per heavy atom. The first kappa shape index (κ1) is 7.60. The monoisotopic (exact) mass is 158 g/mol. The average molecular weight is 158 g/mol. The van der Waals surface area contributed by atoms with E-state index < -0.39 is 0 Å². The lowest BCUT2D eigenvalue weighted by Crippen LogP contribution is -1.93. The van der Waals surface area contributed by atoms with Crippen molar-refractivity contribution in [3.63, 3.8) is 0 Å². The summed E-state index contributed by atoms with van der Waals surface area (Å²) in [4.78, 5) is 0. The molecule has 1 saturated carbocycles. The lowest BCUT2D eigenvalue weighted by Gasteiger charge is -2.06. The van der Waals surface area contributed by atoms with Crippen LogP contribution in [0.3, 0.4) is 0 Å². The van der Waals surface area contributed by atoms with Crippen LogP contribution in [0.5, 0.6) is 0 Å². The molecule has 0 heteroatoms. The molecule has 62 valence electrons. The van der Waals surface area contributed by atoms with Gasteiger partial charge in [0.2, 0.25) is 0 Å². The van der Waals surface area contributed by atoms with Crippen molar-refractivity contribution in [2.24, 2.45) is 11.8 Å². The normalized spacial score (nSPS) is 32.0. The maximum atomic E-state index is 4.07. The molecule has 1 fully saturated rings. The Labute approximate surface area is 74.0 Å². The third-order valence-corrected chi connectivity index (χ3v) is 2.91. The molecule has 0 saturated heterocycles. The van der Waals surface area contributed by atoms with Gasteiger partial charge in [-0.25, -0.2) is 0 Å². The van der Waals surface area contributed by atoms with E-state index in [1.807, 2.05) is 0 Å². The van der Waals surface area contributed by atoms with E-state index >= 15 is 0 Å². The van der Waals surface area contributed by atoms with Crippen molar-refractivity contribution in [1.82, 2.24) is 0 Å². The zero-order chi connectivity index (χ0) is 8.88. The van der Waals surface area contributed by atoms with Crippen LogP contribution in [0, 0.1) is 11.8 Å². The lowest BCUT2D eigenvalue weighted by molar-refractivity contribution is 0.929. The number of fused-ring (bicyclic) bond motifs is 2. The molecular formula is C12H14. The summed E-state index contributed by atoms with van der Waals surface area (Å²) >= 11 is 0. The fourth-order valence-corrected chi connectivity index (χ4v) is 2.25. The van der Waals surface area contributed by atoms with Gasteiger partial charge in [0.15, 0.2) is 0 Å². The molecule has 2 atom stereocenters. The highest BCUT2D eigenvalue weighted by molar-refractivity contribution is 5.58. The van der Waals surface area contributed by atoms with Crippen molar-refractivity contribution >= 4 is 0 Å². The molecule has 0 aromatic rings. The van der Waals surface area contributed by atoms with Crippen LogP contribution in [-0.4, -0.2) is 0 Å². The Kier molecular flexibility index (Phi) is 1.41. The van der Waals surface area contributed by atoms with E-state index in [9.17, 15) is 0 Å². The van der Waals surface area contributed by atoms with Crippen molar-refractivity contribution < 1.29 is 0 Å². The van der Waals surface area contributed by atoms with E-state index in [4.69, 9.17) is 0 Å². The largest absolute Gasteiger partial charge is 0.0946 e. The second-order valence-corrected chi connectivity index (χ2v) is 3.85. The van der Waals surface area contributed by atoms with Crippen LogP contribution in [0.1, 0.15) is 13.8 Å². The molecule has 0 aromatic heterocycles. The van der Waals surface area contributed by atoms with E-state index in [1.165, 1.54) is 22.3 Å². The van der Waals surface area contributed by atoms with Gasteiger partial charge in [-0.1, -0.05) is 30.9 Å². The van der Waals surface area contributed by atoms with Crippen molar-refractivity contribution in [2.45, 2.75) is 13.8 Å². The zero-order valence-electron chi connectivity index (χ0n) is 7.72. The van der Waals surface area contributed by atoms with Crippen LogP contribution in [0.2, 0.25) is 0 Å². The molecule has 0 heterocycles. The van der Waals surface area contributed by atoms with Crippen molar-refractivity contribution in [1.29, 1.82) is 0 Å². The van der Waals surface area contributed by atoms with Gasteiger partial charge in [0, 0.05) is 11.8 Å². The summed E-state index contributed by atoms with van der Waals surface area (Å²) in [6.07, 6.45) is 4.51. The van der Waals surface area contributed by atoms with Crippen LogP contribution in [0.4, 0.5) is 0 Å². The molecule has 0 aromatic carbocycles. The Morgan fingerprint density at radius 1 is 1.08 bits per heavy atom. The molecule has 0 spiro atoms. The summed E-state index contributed by atoms with van der Waals surface area (Å²) in [6.45, 7) is 12.5. The topological polar surface area (TPSA) is 0 Å². The number of hydrogen-bond donors (Lipinski definition) is 0. The summed E-state index contributed by atoms with van der Waals surface area (Å²) in [5.74, 6) is 0.958. The van der Waals surface area contributed by atoms with Crippen LogP contribution in [0.15, 0.2) is 47.6 Å². The van der Waals surface area contributed by atoms with E-state index in [-0.39, 0.29) is 0 Å². The fourth-order valence-electron chi connectivity index (χ4n) is 2.25. The van der Waals surface area contributed by atoms with Gasteiger partial charge in [-0.05, 0) is 30.6 Å². The van der Waals surface area contributed by atoms with Gasteiger partial charge in [0.1, 0.15) is 0 Å². The van der Waals surface area contributed by atoms with Crippen LogP contribution < -0.4 is 0 Å². The molecule has 0 N–H and O–H groups in total. The van der Waals surface area contributed by atoms with E-state index in [0.29, 0.717) is 11.8 Å². The summed E-state index contributed by atoms with van der Waals surface area (Å²) in [5, 5.41) is 0. The number of allylic oxidation sites excluding steroid dienone is 6. The molecule has 2 aliphatic rings. The highest BCUT2D eigenvalue weighted by atomic mass is 14.4. The second kappa shape index (κ2) is 2.22. The molecule has 12 heavy (non-hydrogen) atoms. The van der Waals surface area contributed by atoms with E-state index in [1.54, 1.807) is 0 Å². The lowest BCUT2D eigenvalue weighted by atomic mass is 9.98. The molecule has 0 amide bonds. The van der Waals surface area contributed by atoms with Crippen LogP contribution in [0.25, 0.3) is 0 Å². The summed E-state index contributed by atoms with van der Waals surface area (Å²) in [6, 6.07) is 0. The molecule has 2 unspecified atom stereocenters. The summed E-state index contributed by atoms with van der Waals surface area (Å²) in [7, 11) is 0. The minimum atomic E-state index is 0.479. The van der Waals surface area contributed by atoms with Gasteiger partial charge in [-0.3, -0.25) is 0 Å². The zero-order valence-corrected chi connectivity index (χ0v) is 7.72. The SMILES string of the molecule is C=C1C(=C)C2C=CC1C2=C(C)C. The minimum Gasteiger partial charge on any atom is -0.0946 e. The second-order valence-electron chi connectivity index (χ2n) is 3.85. The Morgan fingerprint density at radius 3 is 1.75 bits per heavy atom. The van der Waals surface area contributed by atoms with E-state index in [0.717, 1.165) is 0 Å². The van der Waals surface area contributed by atoms with E-state index in [2.05, 4.69) is 39.2 Å². The van der Waals surface area contributed by atoms with Crippen LogP contribution >= 0.6 is 0 Å². The third-order valence-electron chi connectivity index (χ3n) is 2.91. The number of rotatable bonds is 0. The maximum absolute atomic E-state index is 4.07. The fraction of sp³-hybridized carbons (Fsp3) is 0.333. The predicted octanol–water partition coefficient (Wildman–Crippen LogP) is 3.25. The standard InChI is InChI=1S/C12H14/c1-7(2)12-10-5-6-11(12)9(4)8(10)3/h5-6,10-11H,3-4H2,1-2H3. The maximum Gasteiger partial charge on any atom is 0.0237 e. The third kappa shape index (κ3) is 0.726. The Hall–Kier alpha value is -1.04. The van der Waals surface area contributed by atoms with Crippen molar-refractivity contribution in [2.75, 3.05) is 0 Å². The van der Waals surface area contributed by atoms with Crippen LogP contribution in [-0.2, 0) is 0 Å². The van der Waals surface area contributed by atoms with Crippen molar-refractivity contribution in [3.8, 4) is 0 Å². The molecule has 0 aliphatic heterocycles. The first-order valence-corrected chi connectivity index (χ1v) is 4.36. The highest BCUT2D eigenvalue weighted by Crippen LogP contribution is 2.50. The molecular weight excluding hydrogens is 144 g/mol. The summed E-state index contributed by atoms with van der Waals surface area (Å²) in [5.41, 5.74) is 5.39. The molecule has 0 nitrogen and oxygen atoms in total. The minimum absolute atomic E-state index is 0.479. The average Bonchev–Trinajstić information content (AvgIpc) is 2.51.